The molecule has 2 heterocycles. The molecule has 1 saturated heterocycles. The number of benzene rings is 2. The summed E-state index contributed by atoms with van der Waals surface area (Å²) in [5.74, 6) is -0.378. The average Bonchev–Trinajstić information content (AvgIpc) is 3.10. The number of methoxy groups -OCH3 is 1. The molecule has 4 rings (SSSR count). The molecule has 0 saturated carbocycles. The van der Waals surface area contributed by atoms with Crippen molar-refractivity contribution in [1.29, 1.82) is 0 Å². The Morgan fingerprint density at radius 2 is 1.73 bits per heavy atom. The maximum Gasteiger partial charge on any atom is 0.295 e. The number of hydrogen-bond donors (Lipinski definition) is 1. The van der Waals surface area contributed by atoms with E-state index in [0.29, 0.717) is 42.2 Å². The van der Waals surface area contributed by atoms with Crippen molar-refractivity contribution in [2.75, 3.05) is 20.3 Å². The fourth-order valence-corrected chi connectivity index (χ4v) is 3.87. The Balaban J connectivity index is 1.77. The van der Waals surface area contributed by atoms with Crippen molar-refractivity contribution in [2.45, 2.75) is 12.5 Å². The number of carbonyl (C=O) groups excluding carboxylic acids is 2. The summed E-state index contributed by atoms with van der Waals surface area (Å²) >= 11 is 0. The number of hydrogen-bond acceptors (Lipinski definition) is 6. The van der Waals surface area contributed by atoms with Gasteiger partial charge in [0.2, 0.25) is 0 Å². The highest BCUT2D eigenvalue weighted by atomic mass is 16.5. The zero-order valence-corrected chi connectivity index (χ0v) is 18.2. The maximum atomic E-state index is 13.0. The summed E-state index contributed by atoms with van der Waals surface area (Å²) in [7, 11) is 1.58. The molecule has 168 valence electrons. The van der Waals surface area contributed by atoms with Gasteiger partial charge in [-0.05, 0) is 48.4 Å². The van der Waals surface area contributed by atoms with E-state index in [-0.39, 0.29) is 11.3 Å². The van der Waals surface area contributed by atoms with E-state index in [1.165, 1.54) is 17.3 Å². The molecular weight excluding hydrogens is 420 g/mol. The molecule has 1 fully saturated rings. The zero-order chi connectivity index (χ0) is 23.2. The van der Waals surface area contributed by atoms with Crippen LogP contribution >= 0.6 is 0 Å². The number of ether oxygens (including phenoxy) is 2. The third-order valence-electron chi connectivity index (χ3n) is 5.39. The molecule has 1 amide bonds. The Morgan fingerprint density at radius 3 is 2.45 bits per heavy atom. The Bertz CT molecular complexity index is 1160. The quantitative estimate of drug-likeness (QED) is 0.241. The highest BCUT2D eigenvalue weighted by molar-refractivity contribution is 6.46. The summed E-state index contributed by atoms with van der Waals surface area (Å²) in [4.78, 5) is 31.4. The standard InChI is InChI=1S/C26H24N2O5/c1-32-16-6-15-28-23(19-7-5-10-21(17-19)33-20-8-3-2-4-9-20)22(25(30)26(28)31)24(29)18-11-13-27-14-12-18/h2-5,7-14,17,23,29H,6,15-16H2,1H3/b24-22+. The number of ketones is 1. The predicted octanol–water partition coefficient (Wildman–Crippen LogP) is 4.33. The zero-order valence-electron chi connectivity index (χ0n) is 18.2. The van der Waals surface area contributed by atoms with Crippen LogP contribution in [0.5, 0.6) is 11.5 Å². The topological polar surface area (TPSA) is 89.0 Å². The van der Waals surface area contributed by atoms with Gasteiger partial charge < -0.3 is 19.5 Å². The number of aromatic nitrogens is 1. The van der Waals surface area contributed by atoms with Gasteiger partial charge in [-0.3, -0.25) is 14.6 Å². The maximum absolute atomic E-state index is 13.0. The Morgan fingerprint density at radius 1 is 1.00 bits per heavy atom. The van der Waals surface area contributed by atoms with Gasteiger partial charge in [0.1, 0.15) is 17.3 Å². The van der Waals surface area contributed by atoms with Crippen molar-refractivity contribution in [3.63, 3.8) is 0 Å². The first-order chi connectivity index (χ1) is 16.1. The van der Waals surface area contributed by atoms with E-state index in [0.717, 1.165) is 0 Å². The van der Waals surface area contributed by atoms with Crippen LogP contribution in [0.1, 0.15) is 23.6 Å². The normalized spacial score (nSPS) is 17.4. The molecule has 3 aromatic rings. The summed E-state index contributed by atoms with van der Waals surface area (Å²) in [5.41, 5.74) is 1.12. The van der Waals surface area contributed by atoms with Crippen LogP contribution in [0.3, 0.4) is 0 Å². The van der Waals surface area contributed by atoms with Gasteiger partial charge in [-0.15, -0.1) is 0 Å². The van der Waals surface area contributed by atoms with Crippen molar-refractivity contribution in [2.24, 2.45) is 0 Å². The van der Waals surface area contributed by atoms with Gasteiger partial charge in [0.25, 0.3) is 11.7 Å². The second kappa shape index (κ2) is 10.1. The fraction of sp³-hybridized carbons (Fsp3) is 0.192. The molecule has 2 aromatic carbocycles. The molecule has 0 spiro atoms. The molecule has 0 aliphatic carbocycles. The largest absolute Gasteiger partial charge is 0.507 e. The molecule has 7 heteroatoms. The monoisotopic (exact) mass is 444 g/mol. The average molecular weight is 444 g/mol. The number of aliphatic hydroxyl groups excluding tert-OH is 1. The predicted molar refractivity (Wildman–Crippen MR) is 123 cm³/mol. The van der Waals surface area contributed by atoms with Gasteiger partial charge in [0.05, 0.1) is 11.6 Å². The molecule has 0 radical (unpaired) electrons. The van der Waals surface area contributed by atoms with Crippen molar-refractivity contribution in [1.82, 2.24) is 9.88 Å². The molecule has 1 N–H and O–H groups in total. The van der Waals surface area contributed by atoms with E-state index in [1.807, 2.05) is 36.4 Å². The van der Waals surface area contributed by atoms with E-state index < -0.39 is 17.7 Å². The van der Waals surface area contributed by atoms with Gasteiger partial charge in [-0.2, -0.15) is 0 Å². The minimum atomic E-state index is -0.755. The second-order valence-electron chi connectivity index (χ2n) is 7.56. The lowest BCUT2D eigenvalue weighted by atomic mass is 9.95. The summed E-state index contributed by atoms with van der Waals surface area (Å²) in [6, 6.07) is 19.0. The summed E-state index contributed by atoms with van der Waals surface area (Å²) in [6.45, 7) is 0.747. The first-order valence-corrected chi connectivity index (χ1v) is 10.6. The Hall–Kier alpha value is -3.97. The van der Waals surface area contributed by atoms with E-state index in [2.05, 4.69) is 4.98 Å². The number of likely N-dealkylation sites (tertiary alicyclic amines) is 1. The molecule has 1 atom stereocenters. The van der Waals surface area contributed by atoms with Crippen LogP contribution in [-0.4, -0.2) is 46.9 Å². The van der Waals surface area contributed by atoms with E-state index in [4.69, 9.17) is 9.47 Å². The van der Waals surface area contributed by atoms with Crippen LogP contribution in [-0.2, 0) is 14.3 Å². The Labute approximate surface area is 191 Å². The molecule has 1 aliphatic rings. The molecular formula is C26H24N2O5. The molecule has 1 unspecified atom stereocenters. The molecule has 0 bridgehead atoms. The Kier molecular flexibility index (Phi) is 6.80. The van der Waals surface area contributed by atoms with Crippen LogP contribution in [0.2, 0.25) is 0 Å². The summed E-state index contributed by atoms with van der Waals surface area (Å²) in [6.07, 6.45) is 3.59. The lowest BCUT2D eigenvalue weighted by molar-refractivity contribution is -0.140. The van der Waals surface area contributed by atoms with Gasteiger partial charge in [-0.1, -0.05) is 30.3 Å². The number of nitrogens with zero attached hydrogens (tertiary/aromatic N) is 2. The first kappa shape index (κ1) is 22.2. The number of aliphatic hydroxyl groups is 1. The number of para-hydroxylation sites is 1. The first-order valence-electron chi connectivity index (χ1n) is 10.6. The third-order valence-corrected chi connectivity index (χ3v) is 5.39. The van der Waals surface area contributed by atoms with Crippen molar-refractivity contribution >= 4 is 17.4 Å². The molecule has 33 heavy (non-hydrogen) atoms. The molecule has 7 nitrogen and oxygen atoms in total. The van der Waals surface area contributed by atoms with Gasteiger partial charge in [0.15, 0.2) is 0 Å². The molecule has 1 aromatic heterocycles. The fourth-order valence-electron chi connectivity index (χ4n) is 3.87. The SMILES string of the molecule is COCCCN1C(=O)C(=O)/C(=C(/O)c2ccncc2)C1c1cccc(Oc2ccccc2)c1. The second-order valence-corrected chi connectivity index (χ2v) is 7.56. The van der Waals surface area contributed by atoms with Crippen molar-refractivity contribution in [3.05, 3.63) is 95.8 Å². The summed E-state index contributed by atoms with van der Waals surface area (Å²) in [5, 5.41) is 11.0. The van der Waals surface area contributed by atoms with Crippen LogP contribution in [0.25, 0.3) is 5.76 Å². The number of rotatable bonds is 8. The third kappa shape index (κ3) is 4.78. The highest BCUT2D eigenvalue weighted by Gasteiger charge is 2.45. The number of carbonyl (C=O) groups is 2. The van der Waals surface area contributed by atoms with Gasteiger partial charge in [0, 0.05) is 38.2 Å². The van der Waals surface area contributed by atoms with Crippen LogP contribution in [0.4, 0.5) is 0 Å². The summed E-state index contributed by atoms with van der Waals surface area (Å²) < 4.78 is 11.1. The van der Waals surface area contributed by atoms with E-state index >= 15 is 0 Å². The van der Waals surface area contributed by atoms with E-state index in [1.54, 1.807) is 37.4 Å². The lowest BCUT2D eigenvalue weighted by Gasteiger charge is -2.25. The van der Waals surface area contributed by atoms with Gasteiger partial charge in [-0.25, -0.2) is 0 Å². The van der Waals surface area contributed by atoms with E-state index in [9.17, 15) is 14.7 Å². The number of amides is 1. The number of Topliss-reactive ketones (excluding diaryl/α,β-unsaturated/α-hetero) is 1. The van der Waals surface area contributed by atoms with Crippen LogP contribution < -0.4 is 4.74 Å². The van der Waals surface area contributed by atoms with Gasteiger partial charge >= 0.3 is 0 Å². The number of pyridine rings is 1. The van der Waals surface area contributed by atoms with Crippen LogP contribution in [0, 0.1) is 0 Å². The van der Waals surface area contributed by atoms with Crippen molar-refractivity contribution in [3.8, 4) is 11.5 Å². The molecule has 1 aliphatic heterocycles. The highest BCUT2D eigenvalue weighted by Crippen LogP contribution is 2.40. The smallest absolute Gasteiger partial charge is 0.295 e. The van der Waals surface area contributed by atoms with Crippen LogP contribution in [0.15, 0.2) is 84.7 Å². The van der Waals surface area contributed by atoms with Crippen molar-refractivity contribution < 1.29 is 24.2 Å². The minimum Gasteiger partial charge on any atom is -0.507 e. The minimum absolute atomic E-state index is 0.0421. The lowest BCUT2D eigenvalue weighted by Crippen LogP contribution is -2.31.